The van der Waals surface area contributed by atoms with Gasteiger partial charge in [-0.15, -0.1) is 0 Å². The van der Waals surface area contributed by atoms with Crippen molar-refractivity contribution in [2.45, 2.75) is 19.8 Å². The van der Waals surface area contributed by atoms with E-state index < -0.39 is 18.2 Å². The Labute approximate surface area is 179 Å². The molecule has 0 heterocycles. The maximum Gasteiger partial charge on any atom is 0.249 e. The fourth-order valence-corrected chi connectivity index (χ4v) is 2.66. The first-order chi connectivity index (χ1) is 14.0. The summed E-state index contributed by atoms with van der Waals surface area (Å²) in [5.74, 6) is -0.0410. The van der Waals surface area contributed by atoms with Gasteiger partial charge in [0, 0.05) is 5.56 Å². The SMILES string of the molecule is CCCOc1c(C=NNC(=O)CC(=O)Nc2cccc(Cl)c2Cl)cccc1OC. The Bertz CT molecular complexity index is 903. The molecular formula is C20H21Cl2N3O4. The van der Waals surface area contributed by atoms with Gasteiger partial charge in [0.25, 0.3) is 0 Å². The van der Waals surface area contributed by atoms with Crippen LogP contribution >= 0.6 is 23.2 Å². The van der Waals surface area contributed by atoms with Gasteiger partial charge in [-0.05, 0) is 30.7 Å². The third-order valence-electron chi connectivity index (χ3n) is 3.62. The summed E-state index contributed by atoms with van der Waals surface area (Å²) in [6.07, 6.45) is 1.83. The van der Waals surface area contributed by atoms with Gasteiger partial charge in [0.05, 0.1) is 35.7 Å². The molecule has 0 aliphatic rings. The number of para-hydroxylation sites is 1. The number of hydrogen-bond acceptors (Lipinski definition) is 5. The van der Waals surface area contributed by atoms with Crippen molar-refractivity contribution in [1.29, 1.82) is 0 Å². The van der Waals surface area contributed by atoms with Crippen molar-refractivity contribution in [2.24, 2.45) is 5.10 Å². The van der Waals surface area contributed by atoms with Gasteiger partial charge in [-0.3, -0.25) is 9.59 Å². The van der Waals surface area contributed by atoms with E-state index in [1.807, 2.05) is 6.92 Å². The van der Waals surface area contributed by atoms with Crippen molar-refractivity contribution in [1.82, 2.24) is 5.43 Å². The summed E-state index contributed by atoms with van der Waals surface area (Å²) in [5, 5.41) is 6.93. The van der Waals surface area contributed by atoms with E-state index in [-0.39, 0.29) is 5.02 Å². The molecule has 0 spiro atoms. The zero-order valence-corrected chi connectivity index (χ0v) is 17.5. The highest BCUT2D eigenvalue weighted by atomic mass is 35.5. The predicted molar refractivity (Wildman–Crippen MR) is 114 cm³/mol. The summed E-state index contributed by atoms with van der Waals surface area (Å²) < 4.78 is 11.0. The minimum absolute atomic E-state index is 0.207. The van der Waals surface area contributed by atoms with Crippen molar-refractivity contribution in [3.63, 3.8) is 0 Å². The summed E-state index contributed by atoms with van der Waals surface area (Å²) in [5.41, 5.74) is 3.27. The summed E-state index contributed by atoms with van der Waals surface area (Å²) >= 11 is 11.9. The fourth-order valence-electron chi connectivity index (χ4n) is 2.31. The summed E-state index contributed by atoms with van der Waals surface area (Å²) in [7, 11) is 1.54. The molecule has 0 aliphatic heterocycles. The number of nitrogens with zero attached hydrogens (tertiary/aromatic N) is 1. The minimum atomic E-state index is -0.587. The maximum atomic E-state index is 12.0. The highest BCUT2D eigenvalue weighted by Crippen LogP contribution is 2.30. The molecule has 2 aromatic rings. The number of amides is 2. The number of anilines is 1. The van der Waals surface area contributed by atoms with Crippen molar-refractivity contribution in [2.75, 3.05) is 19.0 Å². The van der Waals surface area contributed by atoms with Crippen LogP contribution in [0.1, 0.15) is 25.3 Å². The number of hydrogen-bond donors (Lipinski definition) is 2. The lowest BCUT2D eigenvalue weighted by molar-refractivity contribution is -0.126. The highest BCUT2D eigenvalue weighted by Gasteiger charge is 2.13. The van der Waals surface area contributed by atoms with Crippen LogP contribution in [0.3, 0.4) is 0 Å². The standard InChI is InChI=1S/C20H21Cl2N3O4/c1-3-10-29-20-13(6-4-9-16(20)28-2)12-23-25-18(27)11-17(26)24-15-8-5-7-14(21)19(15)22/h4-9,12H,3,10-11H2,1-2H3,(H,24,26)(H,25,27). The molecule has 2 rings (SSSR count). The molecule has 29 heavy (non-hydrogen) atoms. The molecular weight excluding hydrogens is 417 g/mol. The van der Waals surface area contributed by atoms with Gasteiger partial charge >= 0.3 is 0 Å². The van der Waals surface area contributed by atoms with Gasteiger partial charge in [0.2, 0.25) is 11.8 Å². The molecule has 0 radical (unpaired) electrons. The molecule has 0 fully saturated rings. The first-order valence-electron chi connectivity index (χ1n) is 8.81. The number of carbonyl (C=O) groups excluding carboxylic acids is 2. The Morgan fingerprint density at radius 3 is 2.62 bits per heavy atom. The number of ether oxygens (including phenoxy) is 2. The van der Waals surface area contributed by atoms with Crippen LogP contribution < -0.4 is 20.2 Å². The summed E-state index contributed by atoms with van der Waals surface area (Å²) in [4.78, 5) is 24.0. The Balaban J connectivity index is 1.95. The topological polar surface area (TPSA) is 89.0 Å². The van der Waals surface area contributed by atoms with E-state index in [0.29, 0.717) is 34.4 Å². The van der Waals surface area contributed by atoms with Gasteiger partial charge in [-0.25, -0.2) is 5.43 Å². The zero-order valence-electron chi connectivity index (χ0n) is 16.0. The molecule has 2 amide bonds. The van der Waals surface area contributed by atoms with Crippen LogP contribution in [-0.4, -0.2) is 31.7 Å². The number of carbonyl (C=O) groups is 2. The molecule has 2 aromatic carbocycles. The molecule has 0 bridgehead atoms. The Morgan fingerprint density at radius 2 is 1.90 bits per heavy atom. The third kappa shape index (κ3) is 6.66. The van der Waals surface area contributed by atoms with Gasteiger partial charge in [-0.2, -0.15) is 5.10 Å². The average Bonchev–Trinajstić information content (AvgIpc) is 2.70. The Kier molecular flexibility index (Phi) is 8.76. The lowest BCUT2D eigenvalue weighted by Crippen LogP contribution is -2.24. The van der Waals surface area contributed by atoms with Crippen molar-refractivity contribution in [3.8, 4) is 11.5 Å². The number of methoxy groups -OCH3 is 1. The molecule has 7 nitrogen and oxygen atoms in total. The first-order valence-corrected chi connectivity index (χ1v) is 9.57. The van der Waals surface area contributed by atoms with Crippen LogP contribution in [-0.2, 0) is 9.59 Å². The lowest BCUT2D eigenvalue weighted by atomic mass is 10.2. The Morgan fingerprint density at radius 1 is 1.14 bits per heavy atom. The largest absolute Gasteiger partial charge is 0.493 e. The number of nitrogens with one attached hydrogen (secondary N) is 2. The van der Waals surface area contributed by atoms with Crippen LogP contribution in [0.5, 0.6) is 11.5 Å². The van der Waals surface area contributed by atoms with E-state index in [1.165, 1.54) is 6.21 Å². The van der Waals surface area contributed by atoms with Gasteiger partial charge in [-0.1, -0.05) is 42.3 Å². The summed E-state index contributed by atoms with van der Waals surface area (Å²) in [6, 6.07) is 10.1. The normalized spacial score (nSPS) is 10.6. The molecule has 9 heteroatoms. The predicted octanol–water partition coefficient (Wildman–Crippen LogP) is 4.27. The monoisotopic (exact) mass is 437 g/mol. The second-order valence-corrected chi connectivity index (χ2v) is 6.63. The third-order valence-corrected chi connectivity index (χ3v) is 4.44. The van der Waals surface area contributed by atoms with Crippen LogP contribution in [0.15, 0.2) is 41.5 Å². The summed E-state index contributed by atoms with van der Waals surface area (Å²) in [6.45, 7) is 2.50. The quantitative estimate of drug-likeness (QED) is 0.348. The molecule has 0 unspecified atom stereocenters. The number of benzene rings is 2. The molecule has 2 N–H and O–H groups in total. The number of halogens is 2. The molecule has 0 aromatic heterocycles. The minimum Gasteiger partial charge on any atom is -0.493 e. The second kappa shape index (κ2) is 11.3. The maximum absolute atomic E-state index is 12.0. The van der Waals surface area contributed by atoms with E-state index in [0.717, 1.165) is 6.42 Å². The second-order valence-electron chi connectivity index (χ2n) is 5.85. The van der Waals surface area contributed by atoms with E-state index in [4.69, 9.17) is 32.7 Å². The van der Waals surface area contributed by atoms with Crippen LogP contribution in [0, 0.1) is 0 Å². The lowest BCUT2D eigenvalue weighted by Gasteiger charge is -2.12. The number of hydrazone groups is 1. The molecule has 0 aliphatic carbocycles. The van der Waals surface area contributed by atoms with E-state index in [2.05, 4.69) is 15.8 Å². The Hall–Kier alpha value is -2.77. The molecule has 0 atom stereocenters. The zero-order chi connectivity index (χ0) is 21.2. The average molecular weight is 438 g/mol. The van der Waals surface area contributed by atoms with Crippen molar-refractivity contribution < 1.29 is 19.1 Å². The smallest absolute Gasteiger partial charge is 0.249 e. The molecule has 0 saturated carbocycles. The van der Waals surface area contributed by atoms with Crippen molar-refractivity contribution >= 4 is 46.9 Å². The fraction of sp³-hybridized carbons (Fsp3) is 0.250. The van der Waals surface area contributed by atoms with Gasteiger partial charge < -0.3 is 14.8 Å². The number of rotatable bonds is 9. The van der Waals surface area contributed by atoms with Crippen LogP contribution in [0.25, 0.3) is 0 Å². The molecule has 0 saturated heterocycles. The highest BCUT2D eigenvalue weighted by molar-refractivity contribution is 6.44. The van der Waals surface area contributed by atoms with Gasteiger partial charge in [0.1, 0.15) is 6.42 Å². The van der Waals surface area contributed by atoms with E-state index in [1.54, 1.807) is 43.5 Å². The van der Waals surface area contributed by atoms with E-state index in [9.17, 15) is 9.59 Å². The van der Waals surface area contributed by atoms with E-state index >= 15 is 0 Å². The van der Waals surface area contributed by atoms with Gasteiger partial charge in [0.15, 0.2) is 11.5 Å². The molecule has 154 valence electrons. The first kappa shape index (κ1) is 22.5. The van der Waals surface area contributed by atoms with Crippen LogP contribution in [0.2, 0.25) is 10.0 Å². The van der Waals surface area contributed by atoms with Crippen molar-refractivity contribution in [3.05, 3.63) is 52.0 Å². The van der Waals surface area contributed by atoms with Crippen LogP contribution in [0.4, 0.5) is 5.69 Å².